The molecule has 6 aromatic carbocycles. The highest BCUT2D eigenvalue weighted by Crippen LogP contribution is 2.68. The second kappa shape index (κ2) is 46.5. The Hall–Kier alpha value is -7.36. The van der Waals surface area contributed by atoms with Crippen LogP contribution in [0, 0.1) is 24.7 Å². The van der Waals surface area contributed by atoms with Crippen molar-refractivity contribution in [3.8, 4) is 74.5 Å². The van der Waals surface area contributed by atoms with E-state index in [1.165, 1.54) is 290 Å². The molecule has 0 spiro atoms. The lowest BCUT2D eigenvalue weighted by Crippen LogP contribution is -2.37. The Morgan fingerprint density at radius 2 is 0.643 bits per heavy atom. The van der Waals surface area contributed by atoms with Gasteiger partial charge >= 0.3 is 0 Å². The largest absolute Gasteiger partial charge is 0.488 e. The van der Waals surface area contributed by atoms with Crippen molar-refractivity contribution < 1.29 is 28.4 Å². The van der Waals surface area contributed by atoms with E-state index in [0.717, 1.165) is 142 Å². The second-order valence-corrected chi connectivity index (χ2v) is 43.5. The smallest absolute Gasteiger partial charge is 0.181 e. The fourth-order valence-electron chi connectivity index (χ4n) is 21.0. The molecule has 13 heteroatoms. The Morgan fingerprint density at radius 3 is 1.04 bits per heavy atom. The van der Waals surface area contributed by atoms with Gasteiger partial charge in [0.05, 0.1) is 82.5 Å². The third-order valence-corrected chi connectivity index (χ3v) is 33.9. The zero-order valence-electron chi connectivity index (χ0n) is 80.8. The summed E-state index contributed by atoms with van der Waals surface area (Å²) in [7, 11) is 0. The van der Waals surface area contributed by atoms with Crippen LogP contribution in [0.25, 0.3) is 62.6 Å². The first-order valence-corrected chi connectivity index (χ1v) is 54.8. The third-order valence-electron chi connectivity index (χ3n) is 29.2. The number of fused-ring (bicyclic) bond motifs is 9. The number of hydrogen-bond acceptors (Lipinski definition) is 12. The van der Waals surface area contributed by atoms with Gasteiger partial charge in [-0.15, -0.1) is 45.3 Å². The average Bonchev–Trinajstić information content (AvgIpc) is 1.50. The first-order chi connectivity index (χ1) is 63.3. The number of unbranched alkanes of at least 4 members (excludes halogenated alkanes) is 27. The topological polar surface area (TPSA) is 86.1 Å². The van der Waals surface area contributed by atoms with Gasteiger partial charge in [-0.3, -0.25) is 0 Å². The summed E-state index contributed by atoms with van der Waals surface area (Å²) in [5, 5.41) is 11.3. The fraction of sp³-hybridized carbons (Fsp3) is 0.552. The van der Waals surface area contributed by atoms with E-state index in [2.05, 4.69) is 210 Å². The number of ether oxygens (including phenoxy) is 6. The fourth-order valence-corrected chi connectivity index (χ4v) is 25.7. The molecule has 9 nitrogen and oxygen atoms in total. The van der Waals surface area contributed by atoms with Gasteiger partial charge in [0.15, 0.2) is 23.0 Å². The maximum absolute atomic E-state index is 7.78. The zero-order valence-corrected chi connectivity index (χ0v) is 84.0. The lowest BCUT2D eigenvalue weighted by molar-refractivity contribution is -0.00827. The molecule has 0 bridgehead atoms. The molecule has 5 aromatic heterocycles. The van der Waals surface area contributed by atoms with E-state index in [-0.39, 0.29) is 5.41 Å². The van der Waals surface area contributed by atoms with Crippen molar-refractivity contribution in [2.75, 3.05) is 52.9 Å². The monoisotopic (exact) mass is 1810 g/mol. The van der Waals surface area contributed by atoms with Crippen LogP contribution < -0.4 is 18.9 Å². The van der Waals surface area contributed by atoms with Crippen molar-refractivity contribution in [2.45, 2.75) is 350 Å². The van der Waals surface area contributed by atoms with Crippen molar-refractivity contribution in [1.29, 1.82) is 0 Å². The number of nitrogens with zero attached hydrogens (tertiary/aromatic N) is 3. The molecular formula is C116H153N3O6S4. The molecule has 0 saturated carbocycles. The van der Waals surface area contributed by atoms with Crippen molar-refractivity contribution in [3.05, 3.63) is 210 Å². The molecule has 0 amide bonds. The van der Waals surface area contributed by atoms with Gasteiger partial charge in [-0.25, -0.2) is 0 Å². The lowest BCUT2D eigenvalue weighted by Gasteiger charge is -2.35. The summed E-state index contributed by atoms with van der Waals surface area (Å²) in [6.45, 7) is 30.6. The molecular weight excluding hydrogens is 1660 g/mol. The number of rotatable bonds is 54. The average molecular weight is 1810 g/mol. The summed E-state index contributed by atoms with van der Waals surface area (Å²) >= 11 is 7.50. The molecule has 2 unspecified atom stereocenters. The van der Waals surface area contributed by atoms with Crippen LogP contribution in [0.1, 0.15) is 370 Å². The van der Waals surface area contributed by atoms with Gasteiger partial charge in [0, 0.05) is 48.7 Å². The number of aromatic nitrogens is 3. The SMILES string of the molecule is CCCCCCCCOCC1(CC)COc2c(C)sc(-c3ccc(-c4sc(-c5cc6c(s5)-c5cc7c(cc5C6(c5ccc(CCCCCC)cc5)c5ccc(CCCCCC)cc5)-c5sc(C)cc5C7(c5ccc(CCCCCC)cc5)c5ccc(CCCCCC)cc5)c5c4OCC(CC)(COCCCCCCCC)CO5)c4nn(CCCCCCCC)nc34)c2OC1. The van der Waals surface area contributed by atoms with Crippen LogP contribution in [0.15, 0.2) is 133 Å². The first kappa shape index (κ1) is 96.2. The molecule has 0 radical (unpaired) electrons. The standard InChI is InChI=1S/C116H153N3O6S4/c1-12-21-28-35-38-45-70-119-117-102-93(110-105-104(84(11)127-110)122-79-113(19-8,80-123-105)77-120-71-46-39-36-29-22-13-2)68-69-94(103(102)118-119)111-106-107(125-82-114(20-9,81-124-106)78-121-72-47-40-37-30-23-14-3)112(129-111)101-76-100-109(128-101)96-75-97-95(74-98(96)116(100,91-64-56-87(57-65-91)50-43-33-26-17-6)92-66-58-88(59-67-92)51-44-34-27-18-7)108-99(73-83(10)126-108)115(97,89-60-52-85(53-61-89)48-41-31-24-15-4)90-62-54-86(55-63-90)49-42-32-25-16-5/h52-69,73-76H,12-51,70-72,77-82H2,1-11H3. The minimum absolute atomic E-state index is 0.292. The van der Waals surface area contributed by atoms with Crippen LogP contribution in [0.2, 0.25) is 0 Å². The highest BCUT2D eigenvalue weighted by molar-refractivity contribution is 7.26. The van der Waals surface area contributed by atoms with Crippen molar-refractivity contribution in [1.82, 2.24) is 15.0 Å². The molecule has 0 saturated heterocycles. The Morgan fingerprint density at radius 1 is 0.310 bits per heavy atom. The summed E-state index contributed by atoms with van der Waals surface area (Å²) in [6, 6.07) is 55.4. The van der Waals surface area contributed by atoms with E-state index in [9.17, 15) is 0 Å². The van der Waals surface area contributed by atoms with E-state index in [4.69, 9.17) is 38.6 Å². The van der Waals surface area contributed by atoms with Gasteiger partial charge in [-0.2, -0.15) is 15.0 Å². The summed E-state index contributed by atoms with van der Waals surface area (Å²) in [5.41, 5.74) is 20.7. The molecule has 4 aliphatic rings. The Kier molecular flexibility index (Phi) is 34.7. The minimum Gasteiger partial charge on any atom is -0.488 e. The van der Waals surface area contributed by atoms with Crippen LogP contribution in [-0.4, -0.2) is 67.8 Å². The first-order valence-electron chi connectivity index (χ1n) is 51.5. The van der Waals surface area contributed by atoms with Crippen LogP contribution in [-0.2, 0) is 52.5 Å². The summed E-state index contributed by atoms with van der Waals surface area (Å²) < 4.78 is 43.1. The molecule has 2 aliphatic heterocycles. The Balaban J connectivity index is 0.929. The maximum atomic E-state index is 7.78. The van der Waals surface area contributed by atoms with Gasteiger partial charge in [0.2, 0.25) is 0 Å². The minimum atomic E-state index is -0.728. The van der Waals surface area contributed by atoms with Crippen molar-refractivity contribution >= 4 is 56.4 Å². The predicted octanol–water partition coefficient (Wildman–Crippen LogP) is 34.0. The quantitative estimate of drug-likeness (QED) is 0.0349. The molecule has 2 aliphatic carbocycles. The van der Waals surface area contributed by atoms with Crippen LogP contribution in [0.4, 0.5) is 0 Å². The van der Waals surface area contributed by atoms with Gasteiger partial charge in [-0.05, 0) is 199 Å². The van der Waals surface area contributed by atoms with E-state index >= 15 is 0 Å². The van der Waals surface area contributed by atoms with E-state index < -0.39 is 16.2 Å². The van der Waals surface area contributed by atoms with Gasteiger partial charge in [-0.1, -0.05) is 345 Å². The summed E-state index contributed by atoms with van der Waals surface area (Å²) in [4.78, 5) is 11.4. The third kappa shape index (κ3) is 21.4. The molecule has 129 heavy (non-hydrogen) atoms. The molecule has 15 rings (SSSR count). The van der Waals surface area contributed by atoms with Crippen molar-refractivity contribution in [2.24, 2.45) is 10.8 Å². The molecule has 7 heterocycles. The van der Waals surface area contributed by atoms with E-state index in [1.807, 2.05) is 38.8 Å². The number of aryl methyl sites for hydroxylation is 7. The molecule has 692 valence electrons. The van der Waals surface area contributed by atoms with Gasteiger partial charge in [0.25, 0.3) is 0 Å². The predicted molar refractivity (Wildman–Crippen MR) is 550 cm³/mol. The second-order valence-electron chi connectivity index (χ2n) is 38.9. The van der Waals surface area contributed by atoms with Crippen molar-refractivity contribution in [3.63, 3.8) is 0 Å². The molecule has 11 aromatic rings. The van der Waals surface area contributed by atoms with E-state index in [1.54, 1.807) is 11.3 Å². The maximum Gasteiger partial charge on any atom is 0.181 e. The Bertz CT molecular complexity index is 5240. The van der Waals surface area contributed by atoms with Gasteiger partial charge in [0.1, 0.15) is 11.0 Å². The highest BCUT2D eigenvalue weighted by atomic mass is 32.1. The van der Waals surface area contributed by atoms with Crippen LogP contribution in [0.5, 0.6) is 23.0 Å². The van der Waals surface area contributed by atoms with Crippen LogP contribution >= 0.6 is 45.3 Å². The highest BCUT2D eigenvalue weighted by Gasteiger charge is 2.54. The van der Waals surface area contributed by atoms with Crippen LogP contribution in [0.3, 0.4) is 0 Å². The summed E-state index contributed by atoms with van der Waals surface area (Å²) in [5.74, 6) is 3.21. The normalized spacial score (nSPS) is 16.4. The molecule has 2 atom stereocenters. The molecule has 0 fully saturated rings. The number of hydrogen-bond donors (Lipinski definition) is 0. The lowest BCUT2D eigenvalue weighted by atomic mass is 9.65. The zero-order chi connectivity index (χ0) is 89.6. The van der Waals surface area contributed by atoms with Gasteiger partial charge < -0.3 is 28.4 Å². The summed E-state index contributed by atoms with van der Waals surface area (Å²) in [6.07, 6.45) is 47.6. The molecule has 0 N–H and O–H groups in total. The number of benzene rings is 6. The van der Waals surface area contributed by atoms with E-state index in [0.29, 0.717) is 46.2 Å². The number of thiophene rings is 4. The Labute approximate surface area is 792 Å².